The van der Waals surface area contributed by atoms with Crippen LogP contribution < -0.4 is 16.4 Å². The van der Waals surface area contributed by atoms with Crippen molar-refractivity contribution >= 4 is 23.8 Å². The fourth-order valence-corrected chi connectivity index (χ4v) is 0.829. The number of amides is 4. The normalized spacial score (nSPS) is 14.4. The van der Waals surface area contributed by atoms with Gasteiger partial charge < -0.3 is 5.73 Å². The summed E-state index contributed by atoms with van der Waals surface area (Å²) in [6.07, 6.45) is 2.94. The molecule has 0 spiro atoms. The van der Waals surface area contributed by atoms with Crippen molar-refractivity contribution in [2.45, 2.75) is 6.42 Å². The van der Waals surface area contributed by atoms with Gasteiger partial charge in [-0.25, -0.2) is 14.8 Å². The molecule has 84 valence electrons. The van der Waals surface area contributed by atoms with Gasteiger partial charge in [0.2, 0.25) is 17.8 Å². The Kier molecular flexibility index (Phi) is 3.90. The molecule has 0 aromatic carbocycles. The molecule has 1 aromatic rings. The summed E-state index contributed by atoms with van der Waals surface area (Å²) in [7, 11) is 0. The summed E-state index contributed by atoms with van der Waals surface area (Å²) in [4.78, 5) is 38.1. The summed E-state index contributed by atoms with van der Waals surface area (Å²) in [5, 5.41) is 3.80. The average molecular weight is 223 g/mol. The summed E-state index contributed by atoms with van der Waals surface area (Å²) in [5.41, 5.74) is 5.14. The first kappa shape index (κ1) is 11.6. The fourth-order valence-electron chi connectivity index (χ4n) is 0.829. The minimum absolute atomic E-state index is 0.258. The summed E-state index contributed by atoms with van der Waals surface area (Å²) in [6.45, 7) is 0. The molecule has 2 rings (SSSR count). The highest BCUT2D eigenvalue weighted by Crippen LogP contribution is 1.85. The van der Waals surface area contributed by atoms with Gasteiger partial charge in [0, 0.05) is 12.4 Å². The molecular formula is C8H9N5O3. The van der Waals surface area contributed by atoms with Crippen molar-refractivity contribution in [3.8, 4) is 0 Å². The first-order valence-corrected chi connectivity index (χ1v) is 4.24. The Morgan fingerprint density at radius 1 is 1.06 bits per heavy atom. The van der Waals surface area contributed by atoms with Gasteiger partial charge in [-0.3, -0.25) is 20.2 Å². The van der Waals surface area contributed by atoms with E-state index >= 15 is 0 Å². The van der Waals surface area contributed by atoms with Gasteiger partial charge in [-0.1, -0.05) is 0 Å². The number of urea groups is 1. The first-order valence-electron chi connectivity index (χ1n) is 4.24. The molecule has 2 heterocycles. The predicted molar refractivity (Wildman–Crippen MR) is 52.7 cm³/mol. The van der Waals surface area contributed by atoms with Crippen molar-refractivity contribution in [3.63, 3.8) is 0 Å². The molecule has 1 aliphatic rings. The lowest BCUT2D eigenvalue weighted by atomic mass is 10.3. The molecule has 0 atom stereocenters. The number of imide groups is 2. The topological polar surface area (TPSA) is 127 Å². The molecule has 1 aromatic heterocycles. The lowest BCUT2D eigenvalue weighted by Crippen LogP contribution is -2.49. The van der Waals surface area contributed by atoms with E-state index in [0.29, 0.717) is 5.95 Å². The van der Waals surface area contributed by atoms with Crippen molar-refractivity contribution < 1.29 is 14.4 Å². The van der Waals surface area contributed by atoms with Crippen LogP contribution >= 0.6 is 0 Å². The van der Waals surface area contributed by atoms with Gasteiger partial charge in [0.1, 0.15) is 6.42 Å². The van der Waals surface area contributed by atoms with Crippen LogP contribution in [0.2, 0.25) is 0 Å². The van der Waals surface area contributed by atoms with E-state index in [4.69, 9.17) is 5.73 Å². The number of rotatable bonds is 0. The van der Waals surface area contributed by atoms with Gasteiger partial charge in [0.15, 0.2) is 0 Å². The number of aromatic nitrogens is 2. The third-order valence-corrected chi connectivity index (χ3v) is 1.41. The number of nitrogens with one attached hydrogen (secondary N) is 2. The molecule has 8 nitrogen and oxygen atoms in total. The maximum absolute atomic E-state index is 10.3. The Balaban J connectivity index is 0.000000165. The van der Waals surface area contributed by atoms with Crippen molar-refractivity contribution in [2.24, 2.45) is 0 Å². The molecule has 0 saturated carbocycles. The smallest absolute Gasteiger partial charge is 0.328 e. The molecule has 0 aliphatic carbocycles. The minimum Gasteiger partial charge on any atom is -0.368 e. The zero-order valence-electron chi connectivity index (χ0n) is 8.14. The number of nitrogens with zero attached hydrogens (tertiary/aromatic N) is 2. The SMILES string of the molecule is Nc1ncccn1.O=C1CC(=O)NC(=O)N1. The van der Waals surface area contributed by atoms with Gasteiger partial charge in [0.25, 0.3) is 0 Å². The molecule has 4 N–H and O–H groups in total. The van der Waals surface area contributed by atoms with Crippen molar-refractivity contribution in [2.75, 3.05) is 5.73 Å². The Morgan fingerprint density at radius 3 is 1.88 bits per heavy atom. The maximum atomic E-state index is 10.3. The van der Waals surface area contributed by atoms with Gasteiger partial charge in [-0.05, 0) is 6.07 Å². The molecule has 0 radical (unpaired) electrons. The maximum Gasteiger partial charge on any atom is 0.328 e. The quantitative estimate of drug-likeness (QED) is 0.474. The molecule has 0 unspecified atom stereocenters. The van der Waals surface area contributed by atoms with Crippen molar-refractivity contribution in [3.05, 3.63) is 18.5 Å². The monoisotopic (exact) mass is 223 g/mol. The van der Waals surface area contributed by atoms with Crippen molar-refractivity contribution in [1.29, 1.82) is 0 Å². The minimum atomic E-state index is -0.740. The fraction of sp³-hybridized carbons (Fsp3) is 0.125. The van der Waals surface area contributed by atoms with Gasteiger partial charge in [-0.15, -0.1) is 0 Å². The molecule has 4 amide bonds. The molecular weight excluding hydrogens is 214 g/mol. The van der Waals surface area contributed by atoms with Crippen LogP contribution in [0.4, 0.5) is 10.7 Å². The summed E-state index contributed by atoms with van der Waals surface area (Å²) in [5.74, 6) is -0.782. The number of nitrogens with two attached hydrogens (primary N) is 1. The number of carbonyl (C=O) groups excluding carboxylic acids is 3. The number of hydrogen-bond acceptors (Lipinski definition) is 6. The van der Waals surface area contributed by atoms with Gasteiger partial charge in [0.05, 0.1) is 0 Å². The average Bonchev–Trinajstić information content (AvgIpc) is 2.17. The third-order valence-electron chi connectivity index (χ3n) is 1.41. The Labute approximate surface area is 90.3 Å². The van der Waals surface area contributed by atoms with E-state index in [0.717, 1.165) is 0 Å². The van der Waals surface area contributed by atoms with Crippen LogP contribution in [-0.4, -0.2) is 27.8 Å². The van der Waals surface area contributed by atoms with E-state index in [9.17, 15) is 14.4 Å². The highest BCUT2D eigenvalue weighted by Gasteiger charge is 2.20. The van der Waals surface area contributed by atoms with Crippen LogP contribution in [0.1, 0.15) is 6.42 Å². The standard InChI is InChI=1S/C4H5N3.C4H4N2O3/c5-4-6-2-1-3-7-4;7-2-1-3(8)6-4(9)5-2/h1-3H,(H2,5,6,7);1H2,(H2,5,6,7,8,9). The van der Waals surface area contributed by atoms with E-state index in [1.807, 2.05) is 10.6 Å². The van der Waals surface area contributed by atoms with Crippen LogP contribution in [0.3, 0.4) is 0 Å². The third kappa shape index (κ3) is 4.13. The highest BCUT2D eigenvalue weighted by atomic mass is 16.2. The molecule has 0 bridgehead atoms. The molecule has 1 aliphatic heterocycles. The number of carbonyl (C=O) groups is 3. The van der Waals surface area contributed by atoms with Crippen LogP contribution in [-0.2, 0) is 9.59 Å². The van der Waals surface area contributed by atoms with Crippen LogP contribution in [0.25, 0.3) is 0 Å². The molecule has 8 heteroatoms. The number of hydrogen-bond donors (Lipinski definition) is 3. The van der Waals surface area contributed by atoms with E-state index in [2.05, 4.69) is 9.97 Å². The number of anilines is 1. The van der Waals surface area contributed by atoms with E-state index in [1.165, 1.54) is 0 Å². The lowest BCUT2D eigenvalue weighted by Gasteiger charge is -2.09. The number of nitrogen functional groups attached to an aromatic ring is 1. The second kappa shape index (κ2) is 5.39. The van der Waals surface area contributed by atoms with E-state index in [-0.39, 0.29) is 6.42 Å². The summed E-state index contributed by atoms with van der Waals surface area (Å²) in [6, 6.07) is 0.979. The summed E-state index contributed by atoms with van der Waals surface area (Å²) < 4.78 is 0. The van der Waals surface area contributed by atoms with E-state index < -0.39 is 17.8 Å². The van der Waals surface area contributed by atoms with Crippen LogP contribution in [0.5, 0.6) is 0 Å². The Hall–Kier alpha value is -2.51. The van der Waals surface area contributed by atoms with E-state index in [1.54, 1.807) is 18.5 Å². The van der Waals surface area contributed by atoms with Gasteiger partial charge >= 0.3 is 6.03 Å². The lowest BCUT2D eigenvalue weighted by molar-refractivity contribution is -0.129. The zero-order valence-corrected chi connectivity index (χ0v) is 8.14. The highest BCUT2D eigenvalue weighted by molar-refractivity contribution is 6.14. The summed E-state index contributed by atoms with van der Waals surface area (Å²) >= 11 is 0. The first-order chi connectivity index (χ1) is 7.58. The van der Waals surface area contributed by atoms with Crippen LogP contribution in [0.15, 0.2) is 18.5 Å². The molecule has 16 heavy (non-hydrogen) atoms. The second-order valence-electron chi connectivity index (χ2n) is 2.71. The predicted octanol–water partition coefficient (Wildman–Crippen LogP) is -1.20. The van der Waals surface area contributed by atoms with Crippen LogP contribution in [0, 0.1) is 0 Å². The van der Waals surface area contributed by atoms with Crippen molar-refractivity contribution in [1.82, 2.24) is 20.6 Å². The zero-order chi connectivity index (χ0) is 12.0. The largest absolute Gasteiger partial charge is 0.368 e. The molecule has 1 saturated heterocycles. The second-order valence-corrected chi connectivity index (χ2v) is 2.71. The van der Waals surface area contributed by atoms with Gasteiger partial charge in [-0.2, -0.15) is 0 Å². The Bertz CT molecular complexity index is 360. The molecule has 1 fully saturated rings. The Morgan fingerprint density at radius 2 is 1.56 bits per heavy atom. The number of barbiturate groups is 1.